The predicted molar refractivity (Wildman–Crippen MR) is 123 cm³/mol. The van der Waals surface area contributed by atoms with Gasteiger partial charge >= 0.3 is 11.9 Å². The Labute approximate surface area is 192 Å². The Hall–Kier alpha value is -2.80. The lowest BCUT2D eigenvalue weighted by molar-refractivity contribution is -0.137. The minimum Gasteiger partial charge on any atom is -0.481 e. The summed E-state index contributed by atoms with van der Waals surface area (Å²) in [5.74, 6) is -4.29. The Morgan fingerprint density at radius 1 is 1.12 bits per heavy atom. The van der Waals surface area contributed by atoms with E-state index in [1.807, 2.05) is 12.1 Å². The summed E-state index contributed by atoms with van der Waals surface area (Å²) in [7, 11) is 0. The molecule has 1 aliphatic heterocycles. The molecule has 5 nitrogen and oxygen atoms in total. The first-order valence-corrected chi connectivity index (χ1v) is 11.5. The summed E-state index contributed by atoms with van der Waals surface area (Å²) < 4.78 is 29.9. The number of halogens is 2. The van der Waals surface area contributed by atoms with Gasteiger partial charge in [-0.25, -0.2) is 0 Å². The lowest BCUT2D eigenvalue weighted by atomic mass is 9.96. The average Bonchev–Trinajstić information content (AvgIpc) is 2.80. The van der Waals surface area contributed by atoms with Crippen LogP contribution in [-0.2, 0) is 15.5 Å². The van der Waals surface area contributed by atoms with Crippen LogP contribution in [0.1, 0.15) is 56.9 Å². The van der Waals surface area contributed by atoms with Crippen molar-refractivity contribution in [3.05, 3.63) is 60.2 Å². The molecule has 1 heterocycles. The molecule has 178 valence electrons. The van der Waals surface area contributed by atoms with Crippen molar-refractivity contribution in [2.75, 3.05) is 6.54 Å². The molecule has 0 bridgehead atoms. The van der Waals surface area contributed by atoms with Crippen LogP contribution in [0, 0.1) is 0 Å². The third-order valence-corrected chi connectivity index (χ3v) is 6.17. The zero-order valence-electron chi connectivity index (χ0n) is 18.6. The summed E-state index contributed by atoms with van der Waals surface area (Å²) in [5, 5.41) is 20.5. The van der Waals surface area contributed by atoms with Crippen LogP contribution < -0.4 is 0 Å². The molecule has 0 aromatic heterocycles. The monoisotopic (exact) mass is 459 g/mol. The molecule has 0 saturated carbocycles. The van der Waals surface area contributed by atoms with Gasteiger partial charge in [-0.05, 0) is 42.5 Å². The van der Waals surface area contributed by atoms with E-state index in [9.17, 15) is 23.5 Å². The van der Waals surface area contributed by atoms with E-state index >= 15 is 0 Å². The van der Waals surface area contributed by atoms with Crippen LogP contribution in [0.25, 0.3) is 10.8 Å². The van der Waals surface area contributed by atoms with Crippen molar-refractivity contribution < 1.29 is 28.6 Å². The lowest BCUT2D eigenvalue weighted by Crippen LogP contribution is -2.43. The van der Waals surface area contributed by atoms with Crippen LogP contribution in [0.2, 0.25) is 0 Å². The number of carboxylic acid groups (broad SMARTS) is 1. The van der Waals surface area contributed by atoms with Gasteiger partial charge in [-0.15, -0.1) is 0 Å². The van der Waals surface area contributed by atoms with Gasteiger partial charge in [-0.1, -0.05) is 61.4 Å². The number of hydrogen-bond donors (Lipinski definition) is 2. The average molecular weight is 460 g/mol. The number of benzene rings is 2. The van der Waals surface area contributed by atoms with Gasteiger partial charge in [0.25, 0.3) is 0 Å². The third kappa shape index (κ3) is 6.60. The van der Waals surface area contributed by atoms with E-state index in [1.165, 1.54) is 18.2 Å². The largest absolute Gasteiger partial charge is 0.481 e. The highest BCUT2D eigenvalue weighted by Crippen LogP contribution is 2.34. The van der Waals surface area contributed by atoms with E-state index in [2.05, 4.69) is 0 Å². The van der Waals surface area contributed by atoms with Gasteiger partial charge in [0.05, 0.1) is 6.04 Å². The molecule has 1 amide bonds. The van der Waals surface area contributed by atoms with Crippen molar-refractivity contribution in [1.82, 2.24) is 4.90 Å². The fourth-order valence-electron chi connectivity index (χ4n) is 4.27. The quantitative estimate of drug-likeness (QED) is 0.355. The van der Waals surface area contributed by atoms with E-state index in [4.69, 9.17) is 5.11 Å². The van der Waals surface area contributed by atoms with Gasteiger partial charge in [-0.2, -0.15) is 8.78 Å². The molecule has 7 heteroatoms. The van der Waals surface area contributed by atoms with Gasteiger partial charge in [0.15, 0.2) is 0 Å². The van der Waals surface area contributed by atoms with E-state index in [0.29, 0.717) is 37.6 Å². The Kier molecular flexibility index (Phi) is 8.55. The highest BCUT2D eigenvalue weighted by Gasteiger charge is 2.39. The third-order valence-electron chi connectivity index (χ3n) is 6.17. The number of carbonyl (C=O) groups excluding carboxylic acids is 1. The number of likely N-dealkylation sites (tertiary alicyclic amines) is 1. The molecule has 1 saturated heterocycles. The number of carboxylic acids is 1. The Bertz CT molecular complexity index is 991. The maximum Gasteiger partial charge on any atom is 0.303 e. The number of aliphatic carboxylic acids is 1. The molecule has 1 fully saturated rings. The molecule has 0 aliphatic carbocycles. The van der Waals surface area contributed by atoms with E-state index in [1.54, 1.807) is 23.1 Å². The van der Waals surface area contributed by atoms with Gasteiger partial charge in [-0.3, -0.25) is 9.59 Å². The summed E-state index contributed by atoms with van der Waals surface area (Å²) in [5.41, 5.74) is -0.253. The van der Waals surface area contributed by atoms with Crippen molar-refractivity contribution in [3.63, 3.8) is 0 Å². The van der Waals surface area contributed by atoms with Gasteiger partial charge in [0, 0.05) is 24.9 Å². The number of fused-ring (bicyclic) bond motifs is 1. The zero-order chi connectivity index (χ0) is 23.8. The minimum atomic E-state index is -3.46. The summed E-state index contributed by atoms with van der Waals surface area (Å²) in [6, 6.07) is 11.2. The molecular formula is C26H31F2NO4. The van der Waals surface area contributed by atoms with E-state index in [-0.39, 0.29) is 23.9 Å². The normalized spacial score (nSPS) is 18.2. The number of piperidine rings is 1. The van der Waals surface area contributed by atoms with Crippen molar-refractivity contribution in [3.8, 4) is 0 Å². The van der Waals surface area contributed by atoms with E-state index in [0.717, 1.165) is 30.7 Å². The second-order valence-electron chi connectivity index (χ2n) is 8.62. The Morgan fingerprint density at radius 2 is 1.85 bits per heavy atom. The van der Waals surface area contributed by atoms with Crippen LogP contribution in [0.4, 0.5) is 8.78 Å². The molecule has 0 spiro atoms. The summed E-state index contributed by atoms with van der Waals surface area (Å²) >= 11 is 0. The number of amides is 1. The molecule has 2 aromatic carbocycles. The van der Waals surface area contributed by atoms with Crippen LogP contribution >= 0.6 is 0 Å². The number of carbonyl (C=O) groups is 2. The molecule has 0 unspecified atom stereocenters. The highest BCUT2D eigenvalue weighted by molar-refractivity contribution is 5.83. The van der Waals surface area contributed by atoms with Crippen molar-refractivity contribution in [2.24, 2.45) is 0 Å². The van der Waals surface area contributed by atoms with Gasteiger partial charge < -0.3 is 15.1 Å². The predicted octanol–water partition coefficient (Wildman–Crippen LogP) is 5.26. The van der Waals surface area contributed by atoms with Crippen LogP contribution in [0.3, 0.4) is 0 Å². The fourth-order valence-corrected chi connectivity index (χ4v) is 4.27. The number of hydrogen-bond acceptors (Lipinski definition) is 3. The zero-order valence-corrected chi connectivity index (χ0v) is 18.6. The van der Waals surface area contributed by atoms with Gasteiger partial charge in [0.2, 0.25) is 5.91 Å². The van der Waals surface area contributed by atoms with Crippen molar-refractivity contribution in [1.29, 1.82) is 0 Å². The summed E-state index contributed by atoms with van der Waals surface area (Å²) in [4.78, 5) is 24.7. The molecule has 2 atom stereocenters. The molecule has 2 aromatic rings. The number of rotatable bonds is 11. The van der Waals surface area contributed by atoms with Gasteiger partial charge in [0.1, 0.15) is 6.10 Å². The first-order valence-electron chi connectivity index (χ1n) is 11.5. The smallest absolute Gasteiger partial charge is 0.303 e. The number of aliphatic hydroxyl groups excluding tert-OH is 1. The molecule has 3 rings (SSSR count). The first kappa shape index (κ1) is 24.8. The number of nitrogens with zero attached hydrogens (tertiary/aromatic N) is 1. The van der Waals surface area contributed by atoms with E-state index < -0.39 is 18.0 Å². The SMILES string of the molecule is O=C(O)CCCCCCN1C(=O)CCC[C@@H]1C=C[C@@H](O)C(F)(F)c1ccc2ccccc2c1. The number of unbranched alkanes of at least 4 members (excludes halogenated alkanes) is 3. The molecule has 2 N–H and O–H groups in total. The Morgan fingerprint density at radius 3 is 2.61 bits per heavy atom. The van der Waals surface area contributed by atoms with Crippen molar-refractivity contribution >= 4 is 22.6 Å². The van der Waals surface area contributed by atoms with Crippen LogP contribution in [0.15, 0.2) is 54.6 Å². The second-order valence-corrected chi connectivity index (χ2v) is 8.62. The minimum absolute atomic E-state index is 0.0165. The van der Waals surface area contributed by atoms with Crippen molar-refractivity contribution in [2.45, 2.75) is 69.4 Å². The fraction of sp³-hybridized carbons (Fsp3) is 0.462. The summed E-state index contributed by atoms with van der Waals surface area (Å²) in [6.07, 6.45) is 5.44. The molecule has 1 aliphatic rings. The standard InChI is InChI=1S/C26H31F2NO4/c27-26(28,21-14-13-19-8-4-5-9-20(19)18-21)23(30)16-15-22-10-7-11-24(31)29(22)17-6-2-1-3-12-25(32)33/h4-5,8-9,13-16,18,22-23,30H,1-3,6-7,10-12,17H2,(H,32,33)/t22-,23-/m1/s1. The highest BCUT2D eigenvalue weighted by atomic mass is 19.3. The molecule has 33 heavy (non-hydrogen) atoms. The van der Waals surface area contributed by atoms with Crippen LogP contribution in [0.5, 0.6) is 0 Å². The number of alkyl halides is 2. The Balaban J connectivity index is 1.62. The lowest BCUT2D eigenvalue weighted by Gasteiger charge is -2.34. The van der Waals surface area contributed by atoms with Crippen LogP contribution in [-0.4, -0.2) is 45.7 Å². The molecule has 0 radical (unpaired) electrons. The summed E-state index contributed by atoms with van der Waals surface area (Å²) in [6.45, 7) is 0.498. The topological polar surface area (TPSA) is 77.8 Å². The maximum absolute atomic E-state index is 15.0. The second kappa shape index (κ2) is 11.4. The maximum atomic E-state index is 15.0. The first-order chi connectivity index (χ1) is 15.8. The molecular weight excluding hydrogens is 428 g/mol. The number of aliphatic hydroxyl groups is 1.